The number of ether oxygens (including phenoxy) is 1. The molecule has 14 heavy (non-hydrogen) atoms. The van der Waals surface area contributed by atoms with Crippen LogP contribution in [0.25, 0.3) is 6.08 Å². The van der Waals surface area contributed by atoms with E-state index in [2.05, 4.69) is 4.74 Å². The summed E-state index contributed by atoms with van der Waals surface area (Å²) in [7, 11) is 1.34. The molecule has 0 amide bonds. The van der Waals surface area contributed by atoms with Crippen LogP contribution in [-0.2, 0) is 9.53 Å². The summed E-state index contributed by atoms with van der Waals surface area (Å²) in [6, 6.07) is 0. The van der Waals surface area contributed by atoms with Gasteiger partial charge in [-0.15, -0.1) is 0 Å². The molecule has 0 unspecified atom stereocenters. The van der Waals surface area contributed by atoms with Crippen molar-refractivity contribution < 1.29 is 14.3 Å². The second-order valence-electron chi connectivity index (χ2n) is 2.58. The topological polar surface area (TPSA) is 43.4 Å². The Hall–Kier alpha value is -1.42. The second-order valence-corrected chi connectivity index (χ2v) is 3.33. The van der Waals surface area contributed by atoms with Crippen LogP contribution in [0.4, 0.5) is 0 Å². The Morgan fingerprint density at radius 3 is 2.86 bits per heavy atom. The zero-order chi connectivity index (χ0) is 10.4. The number of carbonyl (C=O) groups is 2. The lowest BCUT2D eigenvalue weighted by Gasteiger charge is -1.92. The van der Waals surface area contributed by atoms with Crippen LogP contribution in [0.5, 0.6) is 0 Å². The molecule has 0 atom stereocenters. The summed E-state index contributed by atoms with van der Waals surface area (Å²) in [4.78, 5) is 21.3. The van der Waals surface area contributed by atoms with E-state index >= 15 is 0 Å². The third-order valence-corrected chi connectivity index (χ3v) is 2.44. The van der Waals surface area contributed by atoms with Gasteiger partial charge in [-0.1, -0.05) is 12.2 Å². The lowest BCUT2D eigenvalue weighted by atomic mass is 10.2. The molecule has 0 aliphatic heterocycles. The lowest BCUT2D eigenvalue weighted by molar-refractivity contribution is -0.139. The minimum atomic E-state index is -0.288. The van der Waals surface area contributed by atoms with Crippen molar-refractivity contribution in [3.8, 4) is 0 Å². The minimum Gasteiger partial charge on any atom is -0.469 e. The molecule has 0 saturated heterocycles. The Balaban J connectivity index is 2.59. The van der Waals surface area contributed by atoms with Crippen molar-refractivity contribution in [1.82, 2.24) is 0 Å². The zero-order valence-electron chi connectivity index (χ0n) is 7.73. The average molecular weight is 210 g/mol. The molecule has 4 heteroatoms. The molecule has 0 aliphatic carbocycles. The number of esters is 1. The predicted octanol–water partition coefficient (Wildman–Crippen LogP) is 2.14. The first-order chi connectivity index (χ1) is 6.77. The van der Waals surface area contributed by atoms with Crippen molar-refractivity contribution in [3.63, 3.8) is 0 Å². The SMILES string of the molecule is COC(=O)CC=Cc1cscc1C=O. The third kappa shape index (κ3) is 2.81. The van der Waals surface area contributed by atoms with Crippen LogP contribution in [0.1, 0.15) is 22.3 Å². The zero-order valence-corrected chi connectivity index (χ0v) is 8.54. The Kier molecular flexibility index (Phi) is 4.07. The second kappa shape index (κ2) is 5.34. The number of carbonyl (C=O) groups excluding carboxylic acids is 2. The molecule has 0 aliphatic rings. The highest BCUT2D eigenvalue weighted by atomic mass is 32.1. The summed E-state index contributed by atoms with van der Waals surface area (Å²) in [6.07, 6.45) is 4.46. The molecular formula is C10H10O3S. The average Bonchev–Trinajstić information content (AvgIpc) is 2.65. The highest BCUT2D eigenvalue weighted by molar-refractivity contribution is 7.08. The van der Waals surface area contributed by atoms with Gasteiger partial charge in [-0.05, 0) is 10.9 Å². The molecule has 1 heterocycles. The largest absolute Gasteiger partial charge is 0.469 e. The molecule has 0 radical (unpaired) electrons. The summed E-state index contributed by atoms with van der Waals surface area (Å²) in [5.41, 5.74) is 1.49. The summed E-state index contributed by atoms with van der Waals surface area (Å²) in [6.45, 7) is 0. The highest BCUT2D eigenvalue weighted by Crippen LogP contribution is 2.14. The number of hydrogen-bond acceptors (Lipinski definition) is 4. The van der Waals surface area contributed by atoms with Gasteiger partial charge in [0.15, 0.2) is 6.29 Å². The Morgan fingerprint density at radius 2 is 2.21 bits per heavy atom. The number of methoxy groups -OCH3 is 1. The van der Waals surface area contributed by atoms with Crippen LogP contribution >= 0.6 is 11.3 Å². The van der Waals surface area contributed by atoms with Crippen LogP contribution in [0.3, 0.4) is 0 Å². The van der Waals surface area contributed by atoms with Crippen LogP contribution < -0.4 is 0 Å². The number of rotatable bonds is 4. The highest BCUT2D eigenvalue weighted by Gasteiger charge is 1.99. The van der Waals surface area contributed by atoms with E-state index in [9.17, 15) is 9.59 Å². The first kappa shape index (κ1) is 10.7. The Labute approximate surface area is 86.0 Å². The fourth-order valence-corrected chi connectivity index (χ4v) is 1.68. The molecule has 1 aromatic heterocycles. The molecule has 3 nitrogen and oxygen atoms in total. The van der Waals surface area contributed by atoms with Gasteiger partial charge in [0.1, 0.15) is 0 Å². The molecular weight excluding hydrogens is 200 g/mol. The maximum Gasteiger partial charge on any atom is 0.309 e. The maximum absolute atomic E-state index is 10.8. The molecule has 0 spiro atoms. The summed E-state index contributed by atoms with van der Waals surface area (Å²) < 4.78 is 4.47. The fourth-order valence-electron chi connectivity index (χ4n) is 0.913. The van der Waals surface area contributed by atoms with Gasteiger partial charge in [0.2, 0.25) is 0 Å². The summed E-state index contributed by atoms with van der Waals surface area (Å²) >= 11 is 1.46. The van der Waals surface area contributed by atoms with E-state index in [1.807, 2.05) is 5.38 Å². The van der Waals surface area contributed by atoms with Gasteiger partial charge in [0.25, 0.3) is 0 Å². The minimum absolute atomic E-state index is 0.227. The molecule has 0 bridgehead atoms. The Bertz CT molecular complexity index is 352. The maximum atomic E-state index is 10.8. The third-order valence-electron chi connectivity index (χ3n) is 1.66. The van der Waals surface area contributed by atoms with Crippen molar-refractivity contribution >= 4 is 29.7 Å². The van der Waals surface area contributed by atoms with Gasteiger partial charge < -0.3 is 4.74 Å². The number of aldehydes is 1. The number of thiophene rings is 1. The van der Waals surface area contributed by atoms with Crippen molar-refractivity contribution in [2.75, 3.05) is 7.11 Å². The van der Waals surface area contributed by atoms with Crippen molar-refractivity contribution in [2.45, 2.75) is 6.42 Å². The lowest BCUT2D eigenvalue weighted by Crippen LogP contribution is -1.96. The van der Waals surface area contributed by atoms with E-state index in [0.29, 0.717) is 5.56 Å². The van der Waals surface area contributed by atoms with Crippen LogP contribution in [0.15, 0.2) is 16.8 Å². The van der Waals surface area contributed by atoms with E-state index < -0.39 is 0 Å². The predicted molar refractivity (Wildman–Crippen MR) is 55.4 cm³/mol. The van der Waals surface area contributed by atoms with Gasteiger partial charge in [-0.2, -0.15) is 11.3 Å². The number of hydrogen-bond donors (Lipinski definition) is 0. The Morgan fingerprint density at radius 1 is 1.50 bits per heavy atom. The summed E-state index contributed by atoms with van der Waals surface area (Å²) in [5, 5.41) is 3.63. The molecule has 1 rings (SSSR count). The van der Waals surface area contributed by atoms with E-state index in [1.165, 1.54) is 18.4 Å². The fraction of sp³-hybridized carbons (Fsp3) is 0.200. The molecule has 0 N–H and O–H groups in total. The van der Waals surface area contributed by atoms with E-state index in [0.717, 1.165) is 11.8 Å². The first-order valence-corrected chi connectivity index (χ1v) is 4.97. The van der Waals surface area contributed by atoms with Crippen molar-refractivity contribution in [3.05, 3.63) is 28.0 Å². The van der Waals surface area contributed by atoms with Crippen LogP contribution in [0, 0.1) is 0 Å². The molecule has 0 aromatic carbocycles. The van der Waals surface area contributed by atoms with Crippen molar-refractivity contribution in [2.24, 2.45) is 0 Å². The molecule has 0 saturated carbocycles. The van der Waals surface area contributed by atoms with Crippen LogP contribution in [-0.4, -0.2) is 19.4 Å². The van der Waals surface area contributed by atoms with Gasteiger partial charge in [-0.25, -0.2) is 0 Å². The quantitative estimate of drug-likeness (QED) is 0.565. The van der Waals surface area contributed by atoms with Crippen LogP contribution in [0.2, 0.25) is 0 Å². The van der Waals surface area contributed by atoms with E-state index in [1.54, 1.807) is 17.5 Å². The van der Waals surface area contributed by atoms with E-state index in [-0.39, 0.29) is 12.4 Å². The standard InChI is InChI=1S/C10H10O3S/c1-13-10(12)4-2-3-8-6-14-7-9(8)5-11/h2-3,5-7H,4H2,1H3. The van der Waals surface area contributed by atoms with Gasteiger partial charge >= 0.3 is 5.97 Å². The normalized spacial score (nSPS) is 10.4. The summed E-state index contributed by atoms with van der Waals surface area (Å²) in [5.74, 6) is -0.288. The molecule has 74 valence electrons. The monoisotopic (exact) mass is 210 g/mol. The van der Waals surface area contributed by atoms with Gasteiger partial charge in [-0.3, -0.25) is 9.59 Å². The molecule has 0 fully saturated rings. The smallest absolute Gasteiger partial charge is 0.309 e. The first-order valence-electron chi connectivity index (χ1n) is 4.02. The van der Waals surface area contributed by atoms with E-state index in [4.69, 9.17) is 0 Å². The molecule has 1 aromatic rings. The van der Waals surface area contributed by atoms with Crippen molar-refractivity contribution in [1.29, 1.82) is 0 Å². The van der Waals surface area contributed by atoms with Gasteiger partial charge in [0, 0.05) is 10.9 Å². The van der Waals surface area contributed by atoms with Gasteiger partial charge in [0.05, 0.1) is 13.5 Å².